The second kappa shape index (κ2) is 5.70. The van der Waals surface area contributed by atoms with Gasteiger partial charge in [-0.05, 0) is 0 Å². The zero-order valence-corrected chi connectivity index (χ0v) is 9.75. The molecule has 0 saturated heterocycles. The van der Waals surface area contributed by atoms with Gasteiger partial charge in [0, 0.05) is 0 Å². The van der Waals surface area contributed by atoms with E-state index in [-0.39, 0.29) is 0 Å². The van der Waals surface area contributed by atoms with Crippen LogP contribution < -0.4 is 0 Å². The third kappa shape index (κ3) is 3.31. The van der Waals surface area contributed by atoms with Crippen molar-refractivity contribution in [3.8, 4) is 0 Å². The first kappa shape index (κ1) is 16.9. The van der Waals surface area contributed by atoms with Crippen molar-refractivity contribution < 1.29 is 44.7 Å². The summed E-state index contributed by atoms with van der Waals surface area (Å²) in [5.41, 5.74) is -3.57. The fourth-order valence-electron chi connectivity index (χ4n) is 1.12. The van der Waals surface area contributed by atoms with Crippen molar-refractivity contribution in [1.82, 2.24) is 0 Å². The number of carbonyl (C=O) groups is 1. The molecular weight excluding hydrogens is 316 g/mol. The topological polar surface area (TPSA) is 26.3 Å². The smallest absolute Gasteiger partial charge is 0.422 e. The quantitative estimate of drug-likeness (QED) is 0.280. The normalized spacial score (nSPS) is 11.4. The van der Waals surface area contributed by atoms with Crippen molar-refractivity contribution in [1.29, 1.82) is 0 Å². The van der Waals surface area contributed by atoms with E-state index >= 15 is 0 Å². The van der Waals surface area contributed by atoms with Gasteiger partial charge < -0.3 is 4.74 Å². The Morgan fingerprint density at radius 1 is 0.905 bits per heavy atom. The van der Waals surface area contributed by atoms with Gasteiger partial charge in [-0.2, -0.15) is 13.2 Å². The first-order chi connectivity index (χ1) is 9.48. The molecule has 0 heterocycles. The molecule has 0 N–H and O–H groups in total. The molecule has 2 nitrogen and oxygen atoms in total. The number of hydrogen-bond donors (Lipinski definition) is 0. The summed E-state index contributed by atoms with van der Waals surface area (Å²) in [6.07, 6.45) is -5.16. The minimum Gasteiger partial charge on any atom is -0.457 e. The zero-order valence-electron chi connectivity index (χ0n) is 9.75. The molecule has 0 saturated carbocycles. The van der Waals surface area contributed by atoms with Crippen LogP contribution in [0.2, 0.25) is 0 Å². The molecule has 0 spiro atoms. The molecule has 1 aromatic carbocycles. The van der Waals surface area contributed by atoms with E-state index in [4.69, 9.17) is 0 Å². The molecule has 116 valence electrons. The van der Waals surface area contributed by atoms with Gasteiger partial charge in [0.05, 0.1) is 5.56 Å². The van der Waals surface area contributed by atoms with Gasteiger partial charge in [-0.25, -0.2) is 26.7 Å². The monoisotopic (exact) mass is 320 g/mol. The molecule has 0 atom stereocenters. The fraction of sp³-hybridized carbons (Fsp3) is 0.182. The number of halogens is 8. The highest BCUT2D eigenvalue weighted by Gasteiger charge is 2.38. The summed E-state index contributed by atoms with van der Waals surface area (Å²) in [4.78, 5) is 10.9. The van der Waals surface area contributed by atoms with Gasteiger partial charge in [-0.1, -0.05) is 6.58 Å². The molecule has 0 bridgehead atoms. The van der Waals surface area contributed by atoms with Crippen LogP contribution in [0.1, 0.15) is 5.56 Å². The minimum absolute atomic E-state index is 1.57. The predicted octanol–water partition coefficient (Wildman–Crippen LogP) is 3.54. The number of carbonyl (C=O) groups excluding carboxylic acids is 1. The van der Waals surface area contributed by atoms with Crippen LogP contribution in [0.5, 0.6) is 0 Å². The maximum Gasteiger partial charge on any atom is 0.422 e. The molecule has 0 amide bonds. The van der Waals surface area contributed by atoms with Gasteiger partial charge >= 0.3 is 12.1 Å². The van der Waals surface area contributed by atoms with E-state index in [0.717, 1.165) is 0 Å². The lowest BCUT2D eigenvalue weighted by Gasteiger charge is -2.11. The minimum atomic E-state index is -5.16. The van der Waals surface area contributed by atoms with Crippen molar-refractivity contribution in [2.75, 3.05) is 0 Å². The van der Waals surface area contributed by atoms with E-state index in [0.29, 0.717) is 0 Å². The van der Waals surface area contributed by atoms with Crippen LogP contribution in [0.4, 0.5) is 35.1 Å². The van der Waals surface area contributed by atoms with E-state index in [9.17, 15) is 39.9 Å². The van der Waals surface area contributed by atoms with E-state index in [1.807, 2.05) is 0 Å². The van der Waals surface area contributed by atoms with Crippen LogP contribution in [0.15, 0.2) is 12.2 Å². The highest BCUT2D eigenvalue weighted by molar-refractivity contribution is 5.89. The molecule has 0 fully saturated rings. The van der Waals surface area contributed by atoms with Gasteiger partial charge in [0.15, 0.2) is 23.3 Å². The Balaban J connectivity index is 3.01. The summed E-state index contributed by atoms with van der Waals surface area (Å²) >= 11 is 0. The van der Waals surface area contributed by atoms with Crippen LogP contribution in [0.25, 0.3) is 0 Å². The first-order valence-electron chi connectivity index (χ1n) is 4.92. The fourth-order valence-corrected chi connectivity index (χ4v) is 1.12. The molecule has 0 unspecified atom stereocenters. The second-order valence-corrected chi connectivity index (χ2v) is 3.60. The predicted molar refractivity (Wildman–Crippen MR) is 51.2 cm³/mol. The van der Waals surface area contributed by atoms with E-state index in [2.05, 4.69) is 11.3 Å². The number of rotatable bonds is 3. The maximum atomic E-state index is 13.1. The molecule has 1 aromatic rings. The standard InChI is InChI=1S/C11H4F8O2/c1-3(11(17,18)19)10(20)21-2-4-5(12)7(14)9(16)8(15)6(4)13/h1-2H2. The Bertz CT molecular complexity index is 576. The second-order valence-electron chi connectivity index (χ2n) is 3.60. The summed E-state index contributed by atoms with van der Waals surface area (Å²) in [5, 5.41) is 0. The van der Waals surface area contributed by atoms with Crippen LogP contribution in [-0.2, 0) is 16.1 Å². The number of benzene rings is 1. The average Bonchev–Trinajstić information content (AvgIpc) is 2.40. The molecule has 0 aromatic heterocycles. The Morgan fingerprint density at radius 2 is 1.29 bits per heavy atom. The molecule has 0 aliphatic rings. The molecule has 0 aliphatic carbocycles. The Labute approximate surface area is 111 Å². The van der Waals surface area contributed by atoms with Crippen molar-refractivity contribution in [2.24, 2.45) is 0 Å². The third-order valence-corrected chi connectivity index (χ3v) is 2.24. The molecule has 0 radical (unpaired) electrons. The number of esters is 1. The lowest BCUT2D eigenvalue weighted by Crippen LogP contribution is -2.21. The van der Waals surface area contributed by atoms with Crippen LogP contribution in [0, 0.1) is 29.1 Å². The summed E-state index contributed by atoms with van der Waals surface area (Å²) in [6, 6.07) is 0. The zero-order chi connectivity index (χ0) is 16.5. The first-order valence-corrected chi connectivity index (χ1v) is 4.92. The highest BCUT2D eigenvalue weighted by Crippen LogP contribution is 2.27. The van der Waals surface area contributed by atoms with Crippen molar-refractivity contribution in [3.05, 3.63) is 46.8 Å². The summed E-state index contributed by atoms with van der Waals surface area (Å²) in [6.45, 7) is 0.753. The van der Waals surface area contributed by atoms with E-state index in [1.165, 1.54) is 0 Å². The van der Waals surface area contributed by atoms with Gasteiger partial charge in [0.2, 0.25) is 5.82 Å². The molecule has 0 aliphatic heterocycles. The lowest BCUT2D eigenvalue weighted by molar-refractivity contribution is -0.151. The van der Waals surface area contributed by atoms with Crippen molar-refractivity contribution >= 4 is 5.97 Å². The van der Waals surface area contributed by atoms with Crippen LogP contribution >= 0.6 is 0 Å². The molecule has 1 rings (SSSR count). The Hall–Kier alpha value is -2.13. The number of alkyl halides is 3. The molecule has 21 heavy (non-hydrogen) atoms. The SMILES string of the molecule is C=C(C(=O)OCc1c(F)c(F)c(F)c(F)c1F)C(F)(F)F. The Kier molecular flexibility index (Phi) is 4.59. The molecular formula is C11H4F8O2. The molecule has 10 heteroatoms. The highest BCUT2D eigenvalue weighted by atomic mass is 19.4. The van der Waals surface area contributed by atoms with E-state index in [1.54, 1.807) is 0 Å². The maximum absolute atomic E-state index is 13.1. The average molecular weight is 320 g/mol. The summed E-state index contributed by atoms with van der Waals surface area (Å²) in [5.74, 6) is -13.8. The van der Waals surface area contributed by atoms with Gasteiger partial charge in [-0.3, -0.25) is 0 Å². The van der Waals surface area contributed by atoms with Gasteiger partial charge in [0.1, 0.15) is 12.2 Å². The third-order valence-electron chi connectivity index (χ3n) is 2.24. The largest absolute Gasteiger partial charge is 0.457 e. The lowest BCUT2D eigenvalue weighted by atomic mass is 10.2. The van der Waals surface area contributed by atoms with Crippen LogP contribution in [0.3, 0.4) is 0 Å². The number of ether oxygens (including phenoxy) is 1. The van der Waals surface area contributed by atoms with Gasteiger partial charge in [-0.15, -0.1) is 0 Å². The van der Waals surface area contributed by atoms with Crippen molar-refractivity contribution in [3.63, 3.8) is 0 Å². The van der Waals surface area contributed by atoms with Crippen molar-refractivity contribution in [2.45, 2.75) is 12.8 Å². The van der Waals surface area contributed by atoms with Crippen LogP contribution in [-0.4, -0.2) is 12.1 Å². The summed E-state index contributed by atoms with van der Waals surface area (Å²) in [7, 11) is 0. The van der Waals surface area contributed by atoms with Gasteiger partial charge in [0.25, 0.3) is 0 Å². The van der Waals surface area contributed by atoms with E-state index < -0.39 is 59.0 Å². The summed E-state index contributed by atoms with van der Waals surface area (Å²) < 4.78 is 104. The number of hydrogen-bond acceptors (Lipinski definition) is 2. The Morgan fingerprint density at radius 3 is 1.67 bits per heavy atom.